The molecule has 0 aliphatic carbocycles. The largest absolute Gasteiger partial charge is 0.328 e. The van der Waals surface area contributed by atoms with Crippen molar-refractivity contribution in [1.82, 2.24) is 15.0 Å². The van der Waals surface area contributed by atoms with Crippen molar-refractivity contribution in [2.75, 3.05) is 0 Å². The van der Waals surface area contributed by atoms with E-state index in [0.717, 1.165) is 12.1 Å². The van der Waals surface area contributed by atoms with Crippen LogP contribution in [0.5, 0.6) is 0 Å². The van der Waals surface area contributed by atoms with Crippen molar-refractivity contribution >= 4 is 0 Å². The molecule has 4 heteroatoms. The van der Waals surface area contributed by atoms with Crippen molar-refractivity contribution in [3.63, 3.8) is 0 Å². The lowest BCUT2D eigenvalue weighted by molar-refractivity contribution is 0.701. The third-order valence-electron chi connectivity index (χ3n) is 1.18. The second-order valence-corrected chi connectivity index (χ2v) is 2.56. The highest BCUT2D eigenvalue weighted by Crippen LogP contribution is 1.94. The van der Waals surface area contributed by atoms with E-state index >= 15 is 0 Å². The fourth-order valence-corrected chi connectivity index (χ4v) is 0.819. The minimum atomic E-state index is 0.164. The predicted molar refractivity (Wildman–Crippen MR) is 38.4 cm³/mol. The van der Waals surface area contributed by atoms with Crippen LogP contribution in [0.4, 0.5) is 0 Å². The number of hydrogen-bond acceptors (Lipinski definition) is 3. The summed E-state index contributed by atoms with van der Waals surface area (Å²) in [6.45, 7) is 1.95. The highest BCUT2D eigenvalue weighted by atomic mass is 15.4. The highest BCUT2D eigenvalue weighted by Gasteiger charge is 2.00. The van der Waals surface area contributed by atoms with E-state index in [-0.39, 0.29) is 6.04 Å². The molecule has 56 valence electrons. The zero-order valence-electron chi connectivity index (χ0n) is 6.28. The summed E-state index contributed by atoms with van der Waals surface area (Å²) in [4.78, 5) is 0. The lowest BCUT2D eigenvalue weighted by Crippen LogP contribution is -2.17. The molecule has 0 aliphatic heterocycles. The molecule has 0 spiro atoms. The molecule has 1 rings (SSSR count). The second kappa shape index (κ2) is 2.79. The topological polar surface area (TPSA) is 56.7 Å². The number of rotatable bonds is 2. The molecule has 1 heterocycles. The van der Waals surface area contributed by atoms with Gasteiger partial charge in [-0.3, -0.25) is 4.68 Å². The zero-order valence-corrected chi connectivity index (χ0v) is 6.28. The van der Waals surface area contributed by atoms with Crippen molar-refractivity contribution in [2.24, 2.45) is 12.8 Å². The van der Waals surface area contributed by atoms with Gasteiger partial charge in [-0.1, -0.05) is 5.21 Å². The summed E-state index contributed by atoms with van der Waals surface area (Å²) in [6.07, 6.45) is 2.68. The molecule has 0 aromatic carbocycles. The first-order valence-corrected chi connectivity index (χ1v) is 3.29. The average molecular weight is 140 g/mol. The smallest absolute Gasteiger partial charge is 0.0842 e. The first-order valence-electron chi connectivity index (χ1n) is 3.29. The summed E-state index contributed by atoms with van der Waals surface area (Å²) in [5, 5.41) is 7.67. The molecule has 0 amide bonds. The molecule has 1 atom stereocenters. The zero-order chi connectivity index (χ0) is 7.56. The number of nitrogens with zero attached hydrogens (tertiary/aromatic N) is 3. The summed E-state index contributed by atoms with van der Waals surface area (Å²) in [5.41, 5.74) is 6.51. The van der Waals surface area contributed by atoms with E-state index in [4.69, 9.17) is 5.73 Å². The van der Waals surface area contributed by atoms with Crippen LogP contribution in [0.2, 0.25) is 0 Å². The Hall–Kier alpha value is -0.900. The van der Waals surface area contributed by atoms with Crippen LogP contribution in [0, 0.1) is 0 Å². The summed E-state index contributed by atoms with van der Waals surface area (Å²) in [5.74, 6) is 0. The third kappa shape index (κ3) is 1.80. The van der Waals surface area contributed by atoms with E-state index in [0.29, 0.717) is 0 Å². The van der Waals surface area contributed by atoms with Gasteiger partial charge < -0.3 is 5.73 Å². The van der Waals surface area contributed by atoms with Crippen LogP contribution in [0.15, 0.2) is 6.20 Å². The summed E-state index contributed by atoms with van der Waals surface area (Å²) in [6, 6.07) is 0.164. The normalized spacial score (nSPS) is 13.5. The predicted octanol–water partition coefficient (Wildman–Crippen LogP) is -0.295. The summed E-state index contributed by atoms with van der Waals surface area (Å²) in [7, 11) is 1.84. The second-order valence-electron chi connectivity index (χ2n) is 2.56. The van der Waals surface area contributed by atoms with Crippen LogP contribution in [0.3, 0.4) is 0 Å². The number of aryl methyl sites for hydroxylation is 1. The molecule has 0 fully saturated rings. The Balaban J connectivity index is 2.58. The first-order chi connectivity index (χ1) is 4.68. The van der Waals surface area contributed by atoms with Gasteiger partial charge in [-0.15, -0.1) is 5.10 Å². The molecule has 0 saturated carbocycles. The van der Waals surface area contributed by atoms with Crippen LogP contribution in [0.25, 0.3) is 0 Å². The van der Waals surface area contributed by atoms with E-state index in [1.807, 2.05) is 20.2 Å². The van der Waals surface area contributed by atoms with Crippen LogP contribution in [-0.2, 0) is 13.5 Å². The van der Waals surface area contributed by atoms with E-state index < -0.39 is 0 Å². The maximum absolute atomic E-state index is 5.56. The SMILES string of the molecule is C[C@@H](N)Cc1cn(C)nn1. The van der Waals surface area contributed by atoms with Gasteiger partial charge in [-0.2, -0.15) is 0 Å². The Labute approximate surface area is 60.0 Å². The van der Waals surface area contributed by atoms with Crippen molar-refractivity contribution in [1.29, 1.82) is 0 Å². The Morgan fingerprint density at radius 1 is 1.80 bits per heavy atom. The van der Waals surface area contributed by atoms with Gasteiger partial charge in [0.15, 0.2) is 0 Å². The van der Waals surface area contributed by atoms with E-state index in [9.17, 15) is 0 Å². The van der Waals surface area contributed by atoms with Crippen LogP contribution >= 0.6 is 0 Å². The minimum absolute atomic E-state index is 0.164. The van der Waals surface area contributed by atoms with Gasteiger partial charge in [0, 0.05) is 25.7 Å². The standard InChI is InChI=1S/C6H12N4/c1-5(7)3-6-4-10(2)9-8-6/h4-5H,3,7H2,1-2H3/t5-/m1/s1. The molecule has 1 aromatic rings. The van der Waals surface area contributed by atoms with Crippen LogP contribution in [0.1, 0.15) is 12.6 Å². The molecular weight excluding hydrogens is 128 g/mol. The molecule has 4 nitrogen and oxygen atoms in total. The maximum atomic E-state index is 5.56. The van der Waals surface area contributed by atoms with Gasteiger partial charge in [-0.05, 0) is 6.92 Å². The first kappa shape index (κ1) is 7.21. The van der Waals surface area contributed by atoms with Gasteiger partial charge in [-0.25, -0.2) is 0 Å². The quantitative estimate of drug-likeness (QED) is 0.614. The van der Waals surface area contributed by atoms with Gasteiger partial charge in [0.2, 0.25) is 0 Å². The molecular formula is C6H12N4. The third-order valence-corrected chi connectivity index (χ3v) is 1.18. The summed E-state index contributed by atoms with van der Waals surface area (Å²) < 4.78 is 1.68. The van der Waals surface area contributed by atoms with Gasteiger partial charge in [0.05, 0.1) is 5.69 Å². The molecule has 0 unspecified atom stereocenters. The highest BCUT2D eigenvalue weighted by molar-refractivity contribution is 4.93. The number of aromatic nitrogens is 3. The molecule has 0 saturated heterocycles. The molecule has 2 N–H and O–H groups in total. The van der Waals surface area contributed by atoms with Crippen molar-refractivity contribution < 1.29 is 0 Å². The monoisotopic (exact) mass is 140 g/mol. The molecule has 0 radical (unpaired) electrons. The molecule has 1 aromatic heterocycles. The Kier molecular flexibility index (Phi) is 2.01. The Bertz CT molecular complexity index is 203. The Morgan fingerprint density at radius 3 is 2.90 bits per heavy atom. The lowest BCUT2D eigenvalue weighted by Gasteiger charge is -1.97. The molecule has 0 bridgehead atoms. The Morgan fingerprint density at radius 2 is 2.50 bits per heavy atom. The number of hydrogen-bond donors (Lipinski definition) is 1. The van der Waals surface area contributed by atoms with Crippen molar-refractivity contribution in [3.8, 4) is 0 Å². The minimum Gasteiger partial charge on any atom is -0.328 e. The fraction of sp³-hybridized carbons (Fsp3) is 0.667. The maximum Gasteiger partial charge on any atom is 0.0842 e. The van der Waals surface area contributed by atoms with Crippen molar-refractivity contribution in [2.45, 2.75) is 19.4 Å². The van der Waals surface area contributed by atoms with Crippen LogP contribution < -0.4 is 5.73 Å². The van der Waals surface area contributed by atoms with Gasteiger partial charge in [0.25, 0.3) is 0 Å². The van der Waals surface area contributed by atoms with E-state index in [2.05, 4.69) is 10.3 Å². The molecule has 0 aliphatic rings. The lowest BCUT2D eigenvalue weighted by atomic mass is 10.2. The van der Waals surface area contributed by atoms with Crippen LogP contribution in [-0.4, -0.2) is 21.0 Å². The van der Waals surface area contributed by atoms with Gasteiger partial charge in [0.1, 0.15) is 0 Å². The van der Waals surface area contributed by atoms with E-state index in [1.54, 1.807) is 4.68 Å². The summed E-state index contributed by atoms with van der Waals surface area (Å²) >= 11 is 0. The van der Waals surface area contributed by atoms with Crippen molar-refractivity contribution in [3.05, 3.63) is 11.9 Å². The van der Waals surface area contributed by atoms with E-state index in [1.165, 1.54) is 0 Å². The van der Waals surface area contributed by atoms with Gasteiger partial charge >= 0.3 is 0 Å². The fourth-order valence-electron chi connectivity index (χ4n) is 0.819. The number of nitrogens with two attached hydrogens (primary N) is 1. The molecule has 10 heavy (non-hydrogen) atoms. The average Bonchev–Trinajstić information content (AvgIpc) is 2.13.